The number of nitrogens with one attached hydrogen (secondary N) is 2. The molecule has 0 spiro atoms. The van der Waals surface area contributed by atoms with E-state index in [1.165, 1.54) is 17.4 Å². The van der Waals surface area contributed by atoms with Gasteiger partial charge in [0.1, 0.15) is 16.5 Å². The fourth-order valence-electron chi connectivity index (χ4n) is 3.77. The smallest absolute Gasteiger partial charge is 0.251 e. The molecular formula is C20H19ClFN5OS. The van der Waals surface area contributed by atoms with E-state index < -0.39 is 0 Å². The number of piperidine rings is 1. The summed E-state index contributed by atoms with van der Waals surface area (Å²) in [6.07, 6.45) is 3.67. The maximum Gasteiger partial charge on any atom is 0.251 e. The average Bonchev–Trinajstić information content (AvgIpc) is 3.35. The molecule has 0 unspecified atom stereocenters. The van der Waals surface area contributed by atoms with Crippen LogP contribution in [0.15, 0.2) is 46.7 Å². The zero-order chi connectivity index (χ0) is 19.1. The quantitative estimate of drug-likeness (QED) is 0.516. The first-order valence-corrected chi connectivity index (χ1v) is 10.1. The first-order valence-electron chi connectivity index (χ1n) is 9.23. The minimum Gasteiger partial charge on any atom is -0.317 e. The maximum absolute atomic E-state index is 14.1. The van der Waals surface area contributed by atoms with Crippen molar-refractivity contribution >= 4 is 29.4 Å². The van der Waals surface area contributed by atoms with Crippen molar-refractivity contribution in [1.29, 1.82) is 0 Å². The van der Waals surface area contributed by atoms with Crippen LogP contribution in [0.1, 0.15) is 24.5 Å². The van der Waals surface area contributed by atoms with E-state index >= 15 is 0 Å². The third-order valence-electron chi connectivity index (χ3n) is 5.18. The molecule has 1 saturated heterocycles. The number of fused-ring (bicyclic) bond motifs is 1. The summed E-state index contributed by atoms with van der Waals surface area (Å²) in [4.78, 5) is 19.8. The highest BCUT2D eigenvalue weighted by atomic mass is 35.5. The van der Waals surface area contributed by atoms with Gasteiger partial charge in [-0.25, -0.2) is 13.9 Å². The standard InChI is InChI=1S/C20H18FN5OS.ClH/c21-15-4-2-1-3-13(15)16-11-28-20(24-16)14-10-23-26-17(9-18(27)25-19(14)26)12-5-7-22-8-6-12;/h1-4,9-12,22H,5-8H2,(H,25,27);1H. The second-order valence-corrected chi connectivity index (χ2v) is 7.78. The van der Waals surface area contributed by atoms with E-state index in [1.54, 1.807) is 30.5 Å². The number of thiazole rings is 1. The van der Waals surface area contributed by atoms with Gasteiger partial charge < -0.3 is 10.3 Å². The van der Waals surface area contributed by atoms with Crippen LogP contribution in [0.25, 0.3) is 27.5 Å². The van der Waals surface area contributed by atoms with E-state index in [-0.39, 0.29) is 23.8 Å². The lowest BCUT2D eigenvalue weighted by atomic mass is 9.94. The van der Waals surface area contributed by atoms with Gasteiger partial charge in [0.25, 0.3) is 5.56 Å². The summed E-state index contributed by atoms with van der Waals surface area (Å²) in [5.41, 5.74) is 3.21. The van der Waals surface area contributed by atoms with E-state index in [2.05, 4.69) is 20.4 Å². The van der Waals surface area contributed by atoms with Gasteiger partial charge in [-0.2, -0.15) is 5.10 Å². The molecule has 29 heavy (non-hydrogen) atoms. The summed E-state index contributed by atoms with van der Waals surface area (Å²) in [5, 5.41) is 10.4. The molecule has 1 aliphatic rings. The Morgan fingerprint density at radius 2 is 1.97 bits per heavy atom. The third kappa shape index (κ3) is 3.59. The summed E-state index contributed by atoms with van der Waals surface area (Å²) < 4.78 is 15.9. The van der Waals surface area contributed by atoms with Crippen LogP contribution in [0, 0.1) is 5.82 Å². The fourth-order valence-corrected chi connectivity index (χ4v) is 4.60. The van der Waals surface area contributed by atoms with E-state index in [9.17, 15) is 9.18 Å². The van der Waals surface area contributed by atoms with Crippen LogP contribution < -0.4 is 10.9 Å². The Morgan fingerprint density at radius 1 is 1.17 bits per heavy atom. The number of halogens is 2. The second kappa shape index (κ2) is 8.06. The predicted octanol–water partition coefficient (Wildman–Crippen LogP) is 3.84. The Morgan fingerprint density at radius 3 is 2.76 bits per heavy atom. The number of aromatic amines is 1. The Kier molecular flexibility index (Phi) is 5.49. The molecule has 0 radical (unpaired) electrons. The topological polar surface area (TPSA) is 75.1 Å². The van der Waals surface area contributed by atoms with Crippen LogP contribution in [0.5, 0.6) is 0 Å². The molecule has 0 saturated carbocycles. The number of benzene rings is 1. The number of H-pyrrole nitrogens is 1. The summed E-state index contributed by atoms with van der Waals surface area (Å²) >= 11 is 1.41. The van der Waals surface area contributed by atoms with Crippen molar-refractivity contribution in [1.82, 2.24) is 24.9 Å². The van der Waals surface area contributed by atoms with Crippen molar-refractivity contribution < 1.29 is 4.39 Å². The Labute approximate surface area is 176 Å². The van der Waals surface area contributed by atoms with Crippen molar-refractivity contribution in [3.05, 3.63) is 63.8 Å². The van der Waals surface area contributed by atoms with Gasteiger partial charge in [0.05, 0.1) is 23.1 Å². The van der Waals surface area contributed by atoms with Crippen LogP contribution in [-0.2, 0) is 0 Å². The second-order valence-electron chi connectivity index (χ2n) is 6.92. The van der Waals surface area contributed by atoms with Gasteiger partial charge in [-0.3, -0.25) is 4.79 Å². The molecule has 2 N–H and O–H groups in total. The molecule has 0 amide bonds. The molecule has 0 atom stereocenters. The Hall–Kier alpha value is -2.55. The average molecular weight is 432 g/mol. The van der Waals surface area contributed by atoms with Gasteiger partial charge in [-0.05, 0) is 38.1 Å². The van der Waals surface area contributed by atoms with Crippen LogP contribution >= 0.6 is 23.7 Å². The monoisotopic (exact) mass is 431 g/mol. The SMILES string of the molecule is Cl.O=c1cc(C2CCNCC2)n2ncc(-c3nc(-c4ccccc4F)cs3)c2[nH]1. The number of nitrogens with zero attached hydrogens (tertiary/aromatic N) is 3. The van der Waals surface area contributed by atoms with E-state index in [0.29, 0.717) is 27.8 Å². The van der Waals surface area contributed by atoms with Crippen molar-refractivity contribution in [3.8, 4) is 21.8 Å². The number of hydrogen-bond donors (Lipinski definition) is 2. The van der Waals surface area contributed by atoms with Gasteiger partial charge in [0.15, 0.2) is 0 Å². The van der Waals surface area contributed by atoms with Crippen LogP contribution in [0.4, 0.5) is 4.39 Å². The molecule has 0 aliphatic carbocycles. The van der Waals surface area contributed by atoms with E-state index in [4.69, 9.17) is 0 Å². The lowest BCUT2D eigenvalue weighted by Gasteiger charge is -2.23. The molecule has 9 heteroatoms. The first kappa shape index (κ1) is 19.8. The summed E-state index contributed by atoms with van der Waals surface area (Å²) in [6.45, 7) is 1.87. The molecule has 4 aromatic rings. The third-order valence-corrected chi connectivity index (χ3v) is 6.05. The number of hydrogen-bond acceptors (Lipinski definition) is 5. The molecule has 1 aromatic carbocycles. The molecule has 0 bridgehead atoms. The largest absolute Gasteiger partial charge is 0.317 e. The molecule has 6 nitrogen and oxygen atoms in total. The van der Waals surface area contributed by atoms with Gasteiger partial charge >= 0.3 is 0 Å². The summed E-state index contributed by atoms with van der Waals surface area (Å²) in [7, 11) is 0. The molecular weight excluding hydrogens is 413 g/mol. The molecule has 1 fully saturated rings. The maximum atomic E-state index is 14.1. The predicted molar refractivity (Wildman–Crippen MR) is 114 cm³/mol. The highest BCUT2D eigenvalue weighted by Crippen LogP contribution is 2.33. The Bertz CT molecular complexity index is 1210. The lowest BCUT2D eigenvalue weighted by Crippen LogP contribution is -2.28. The van der Waals surface area contributed by atoms with Crippen molar-refractivity contribution in [2.75, 3.05) is 13.1 Å². The van der Waals surface area contributed by atoms with Gasteiger partial charge in [-0.1, -0.05) is 12.1 Å². The van der Waals surface area contributed by atoms with E-state index in [0.717, 1.165) is 37.2 Å². The summed E-state index contributed by atoms with van der Waals surface area (Å²) in [6, 6.07) is 8.22. The molecule has 4 heterocycles. The zero-order valence-electron chi connectivity index (χ0n) is 15.4. The lowest BCUT2D eigenvalue weighted by molar-refractivity contribution is 0.446. The molecule has 3 aromatic heterocycles. The van der Waals surface area contributed by atoms with Gasteiger partial charge in [0, 0.05) is 22.9 Å². The van der Waals surface area contributed by atoms with Crippen LogP contribution in [0.3, 0.4) is 0 Å². The van der Waals surface area contributed by atoms with Crippen molar-refractivity contribution in [2.45, 2.75) is 18.8 Å². The van der Waals surface area contributed by atoms with Crippen LogP contribution in [-0.4, -0.2) is 32.7 Å². The van der Waals surface area contributed by atoms with Gasteiger partial charge in [0.2, 0.25) is 0 Å². The zero-order valence-corrected chi connectivity index (χ0v) is 17.0. The minimum atomic E-state index is -0.305. The highest BCUT2D eigenvalue weighted by molar-refractivity contribution is 7.13. The molecule has 5 rings (SSSR count). The van der Waals surface area contributed by atoms with Gasteiger partial charge in [-0.15, -0.1) is 23.7 Å². The fraction of sp³-hybridized carbons (Fsp3) is 0.250. The Balaban J connectivity index is 0.00000205. The van der Waals surface area contributed by atoms with Crippen LogP contribution in [0.2, 0.25) is 0 Å². The van der Waals surface area contributed by atoms with Crippen molar-refractivity contribution in [2.24, 2.45) is 0 Å². The minimum absolute atomic E-state index is 0. The highest BCUT2D eigenvalue weighted by Gasteiger charge is 2.22. The molecule has 150 valence electrons. The first-order chi connectivity index (χ1) is 13.7. The molecule has 1 aliphatic heterocycles. The van der Waals surface area contributed by atoms with E-state index in [1.807, 2.05) is 9.90 Å². The normalized spacial score (nSPS) is 14.8. The number of aromatic nitrogens is 4. The summed E-state index contributed by atoms with van der Waals surface area (Å²) in [5.74, 6) is -0.00936. The van der Waals surface area contributed by atoms with Crippen molar-refractivity contribution in [3.63, 3.8) is 0 Å². The number of rotatable bonds is 3.